The number of ketones is 1. The van der Waals surface area contributed by atoms with E-state index in [0.717, 1.165) is 30.5 Å². The van der Waals surface area contributed by atoms with Gasteiger partial charge in [0.05, 0.1) is 18.8 Å². The van der Waals surface area contributed by atoms with Crippen LogP contribution >= 0.6 is 0 Å². The average molecular weight is 249 g/mol. The van der Waals surface area contributed by atoms with Crippen molar-refractivity contribution in [1.29, 1.82) is 0 Å². The molecule has 2 aliphatic rings. The van der Waals surface area contributed by atoms with Crippen molar-refractivity contribution in [2.75, 3.05) is 6.54 Å². The molecule has 0 saturated heterocycles. The lowest BCUT2D eigenvalue weighted by molar-refractivity contribution is 0.0991. The Kier molecular flexibility index (Phi) is 4.17. The van der Waals surface area contributed by atoms with Crippen LogP contribution < -0.4 is 5.32 Å². The van der Waals surface area contributed by atoms with Crippen LogP contribution in [0.2, 0.25) is 0 Å². The molecule has 1 aliphatic heterocycles. The van der Waals surface area contributed by atoms with Crippen LogP contribution in [0.3, 0.4) is 0 Å². The van der Waals surface area contributed by atoms with Crippen LogP contribution in [0.25, 0.3) is 0 Å². The highest BCUT2D eigenvalue weighted by atomic mass is 16.1. The first-order valence-electron chi connectivity index (χ1n) is 7.05. The maximum Gasteiger partial charge on any atom is 0.177 e. The minimum absolute atomic E-state index is 0.130. The summed E-state index contributed by atoms with van der Waals surface area (Å²) in [5, 5.41) is 3.40. The van der Waals surface area contributed by atoms with Gasteiger partial charge >= 0.3 is 0 Å². The number of rotatable bonds is 2. The summed E-state index contributed by atoms with van der Waals surface area (Å²) < 4.78 is 2.18. The highest BCUT2D eigenvalue weighted by Gasteiger charge is 2.33. The van der Waals surface area contributed by atoms with Gasteiger partial charge in [0.2, 0.25) is 0 Å². The summed E-state index contributed by atoms with van der Waals surface area (Å²) >= 11 is 0. The van der Waals surface area contributed by atoms with Crippen LogP contribution in [0.15, 0.2) is 6.20 Å². The molecule has 0 bridgehead atoms. The van der Waals surface area contributed by atoms with Crippen LogP contribution in [0.1, 0.15) is 62.4 Å². The zero-order chi connectivity index (χ0) is 13.1. The Bertz CT molecular complexity index is 421. The third-order valence-corrected chi connectivity index (χ3v) is 3.90. The van der Waals surface area contributed by atoms with Crippen LogP contribution in [0.5, 0.6) is 0 Å². The van der Waals surface area contributed by atoms with E-state index in [9.17, 15) is 4.79 Å². The molecule has 0 aromatic carbocycles. The number of hydrogen-bond acceptors (Lipinski definition) is 3. The van der Waals surface area contributed by atoms with Crippen LogP contribution in [-0.4, -0.2) is 21.9 Å². The summed E-state index contributed by atoms with van der Waals surface area (Å²) in [6.07, 6.45) is 5.65. The van der Waals surface area contributed by atoms with Crippen LogP contribution in [-0.2, 0) is 6.54 Å². The quantitative estimate of drug-likeness (QED) is 0.819. The van der Waals surface area contributed by atoms with E-state index in [4.69, 9.17) is 0 Å². The van der Waals surface area contributed by atoms with E-state index in [0.29, 0.717) is 6.04 Å². The molecule has 0 spiro atoms. The molecular formula is C14H23N3O. The van der Waals surface area contributed by atoms with E-state index < -0.39 is 0 Å². The maximum absolute atomic E-state index is 11.6. The topological polar surface area (TPSA) is 46.9 Å². The SMILES string of the molecule is CC.CC(=O)c1cnc2n1C(C1CCC1)CNC2. The Hall–Kier alpha value is -1.16. The number of imidazole rings is 1. The highest BCUT2D eigenvalue weighted by molar-refractivity contribution is 5.92. The fourth-order valence-electron chi connectivity index (χ4n) is 2.79. The number of carbonyl (C=O) groups is 1. The molecule has 1 unspecified atom stereocenters. The van der Waals surface area contributed by atoms with Crippen molar-refractivity contribution in [2.24, 2.45) is 5.92 Å². The van der Waals surface area contributed by atoms with Gasteiger partial charge < -0.3 is 9.88 Å². The molecule has 1 aromatic rings. The van der Waals surface area contributed by atoms with Crippen molar-refractivity contribution in [3.63, 3.8) is 0 Å². The lowest BCUT2D eigenvalue weighted by Gasteiger charge is -2.38. The van der Waals surface area contributed by atoms with Crippen molar-refractivity contribution >= 4 is 5.78 Å². The van der Waals surface area contributed by atoms with Crippen molar-refractivity contribution in [3.05, 3.63) is 17.7 Å². The zero-order valence-corrected chi connectivity index (χ0v) is 11.6. The van der Waals surface area contributed by atoms with Gasteiger partial charge in [0.15, 0.2) is 5.78 Å². The van der Waals surface area contributed by atoms with E-state index in [1.165, 1.54) is 19.3 Å². The van der Waals surface area contributed by atoms with Gasteiger partial charge in [-0.3, -0.25) is 4.79 Å². The lowest BCUT2D eigenvalue weighted by atomic mass is 9.79. The van der Waals surface area contributed by atoms with Crippen molar-refractivity contribution in [2.45, 2.75) is 52.6 Å². The van der Waals surface area contributed by atoms with Crippen molar-refractivity contribution in [3.8, 4) is 0 Å². The van der Waals surface area contributed by atoms with Gasteiger partial charge in [-0.15, -0.1) is 0 Å². The summed E-state index contributed by atoms with van der Waals surface area (Å²) in [5.41, 5.74) is 0.786. The highest BCUT2D eigenvalue weighted by Crippen LogP contribution is 2.38. The predicted molar refractivity (Wildman–Crippen MR) is 71.7 cm³/mol. The Labute approximate surface area is 109 Å². The van der Waals surface area contributed by atoms with E-state index >= 15 is 0 Å². The second-order valence-electron chi connectivity index (χ2n) is 4.88. The molecule has 3 rings (SSSR count). The predicted octanol–water partition coefficient (Wildman–Crippen LogP) is 2.56. The zero-order valence-electron chi connectivity index (χ0n) is 11.6. The summed E-state index contributed by atoms with van der Waals surface area (Å²) in [7, 11) is 0. The first-order valence-corrected chi connectivity index (χ1v) is 7.05. The van der Waals surface area contributed by atoms with Gasteiger partial charge in [0.25, 0.3) is 0 Å². The van der Waals surface area contributed by atoms with Gasteiger partial charge in [-0.2, -0.15) is 0 Å². The summed E-state index contributed by atoms with van der Waals surface area (Å²) in [6, 6.07) is 0.443. The van der Waals surface area contributed by atoms with E-state index in [2.05, 4.69) is 14.9 Å². The number of fused-ring (bicyclic) bond motifs is 1. The molecule has 1 saturated carbocycles. The second-order valence-corrected chi connectivity index (χ2v) is 4.88. The smallest absolute Gasteiger partial charge is 0.177 e. The monoisotopic (exact) mass is 249 g/mol. The number of nitrogens with zero attached hydrogens (tertiary/aromatic N) is 2. The first-order chi connectivity index (χ1) is 8.77. The van der Waals surface area contributed by atoms with Gasteiger partial charge in [0.1, 0.15) is 11.5 Å². The van der Waals surface area contributed by atoms with E-state index in [-0.39, 0.29) is 5.78 Å². The molecule has 1 aliphatic carbocycles. The van der Waals surface area contributed by atoms with Gasteiger partial charge in [-0.05, 0) is 18.8 Å². The molecule has 18 heavy (non-hydrogen) atoms. The Morgan fingerprint density at radius 3 is 2.72 bits per heavy atom. The molecule has 0 amide bonds. The standard InChI is InChI=1S/C12H17N3O.C2H6/c1-8(16)10-6-14-12-7-13-5-11(15(10)12)9-3-2-4-9;1-2/h6,9,11,13H,2-5,7H2,1H3;1-2H3. The number of carbonyl (C=O) groups excluding carboxylic acids is 1. The van der Waals surface area contributed by atoms with Crippen LogP contribution in [0, 0.1) is 5.92 Å². The lowest BCUT2D eigenvalue weighted by Crippen LogP contribution is -2.40. The summed E-state index contributed by atoms with van der Waals surface area (Å²) in [6.45, 7) is 7.40. The Balaban J connectivity index is 0.000000574. The maximum atomic E-state index is 11.6. The normalized spacial score (nSPS) is 22.5. The second kappa shape index (κ2) is 5.65. The molecule has 4 nitrogen and oxygen atoms in total. The Morgan fingerprint density at radius 1 is 1.44 bits per heavy atom. The number of nitrogens with one attached hydrogen (secondary N) is 1. The number of hydrogen-bond donors (Lipinski definition) is 1. The fourth-order valence-corrected chi connectivity index (χ4v) is 2.79. The Morgan fingerprint density at radius 2 is 2.17 bits per heavy atom. The van der Waals surface area contributed by atoms with Crippen LogP contribution in [0.4, 0.5) is 0 Å². The summed E-state index contributed by atoms with van der Waals surface area (Å²) in [5.74, 6) is 1.89. The molecule has 1 N–H and O–H groups in total. The summed E-state index contributed by atoms with van der Waals surface area (Å²) in [4.78, 5) is 15.9. The van der Waals surface area contributed by atoms with Gasteiger partial charge in [0, 0.05) is 13.5 Å². The van der Waals surface area contributed by atoms with E-state index in [1.807, 2.05) is 13.8 Å². The van der Waals surface area contributed by atoms with E-state index in [1.54, 1.807) is 13.1 Å². The molecule has 1 atom stereocenters. The minimum Gasteiger partial charge on any atom is -0.320 e. The number of Topliss-reactive ketones (excluding diaryl/α,β-unsaturated/α-hetero) is 1. The van der Waals surface area contributed by atoms with Crippen molar-refractivity contribution in [1.82, 2.24) is 14.9 Å². The van der Waals surface area contributed by atoms with Gasteiger partial charge in [-0.1, -0.05) is 20.3 Å². The molecule has 4 heteroatoms. The molecule has 0 radical (unpaired) electrons. The van der Waals surface area contributed by atoms with Crippen molar-refractivity contribution < 1.29 is 4.79 Å². The fraction of sp³-hybridized carbons (Fsp3) is 0.714. The molecule has 1 fully saturated rings. The molecule has 100 valence electrons. The minimum atomic E-state index is 0.130. The third kappa shape index (κ3) is 2.21. The number of aromatic nitrogens is 2. The third-order valence-electron chi connectivity index (χ3n) is 3.90. The first kappa shape index (κ1) is 13.3. The molecule has 2 heterocycles. The van der Waals surface area contributed by atoms with Gasteiger partial charge in [-0.25, -0.2) is 4.98 Å². The largest absolute Gasteiger partial charge is 0.320 e. The molecular weight excluding hydrogens is 226 g/mol. The average Bonchev–Trinajstić information content (AvgIpc) is 2.74. The molecule has 1 aromatic heterocycles.